The molecule has 0 aliphatic rings. The highest BCUT2D eigenvalue weighted by Gasteiger charge is 2.50. The lowest BCUT2D eigenvalue weighted by molar-refractivity contribution is -0.146. The molecule has 0 spiro atoms. The molecule has 5 atom stereocenters. The molecule has 0 aromatic carbocycles. The summed E-state index contributed by atoms with van der Waals surface area (Å²) < 4.78 is 19.5. The number of thiazole rings is 1. The van der Waals surface area contributed by atoms with Crippen LogP contribution in [0.4, 0.5) is 4.79 Å². The Balaban J connectivity index is 3.33. The minimum Gasteiger partial charge on any atom is -0.481 e. The number of allylic oxidation sites excluding steroid dienone is 1. The van der Waals surface area contributed by atoms with Gasteiger partial charge < -0.3 is 24.0 Å². The number of Topliss-reactive ketones (excluding diaryl/α,β-unsaturated/α-hetero) is 1. The molecule has 3 unspecified atom stereocenters. The summed E-state index contributed by atoms with van der Waals surface area (Å²) in [6.45, 7) is 41.2. The number of hydrogen-bond acceptors (Lipinski definition) is 8. The second kappa shape index (κ2) is 20.2. The Hall–Kier alpha value is -2.13. The lowest BCUT2D eigenvalue weighted by Crippen LogP contribution is -2.54. The number of hydrogen-bond donors (Lipinski definition) is 2. The summed E-state index contributed by atoms with van der Waals surface area (Å²) in [5, 5.41) is 15.8. The fourth-order valence-corrected chi connectivity index (χ4v) is 9.62. The molecule has 1 heterocycles. The SMILES string of the molecule is C/C(=C/C[C@H](NC(=O)OC(C)(C)C)/C(C)=C/c1csc(C)n1)CCCC(C)[C@H](O[Si](C)(C)C(C)(C)C)C(C)C(=O)C(C)(C)C(CC(=O)O)O[Si](C)(C)C(C)(C)C. The van der Waals surface area contributed by atoms with Crippen LogP contribution in [0.15, 0.2) is 22.6 Å². The van der Waals surface area contributed by atoms with Gasteiger partial charge in [-0.3, -0.25) is 9.59 Å². The van der Waals surface area contributed by atoms with Gasteiger partial charge in [0.25, 0.3) is 0 Å². The third-order valence-electron chi connectivity index (χ3n) is 11.9. The van der Waals surface area contributed by atoms with Gasteiger partial charge in [-0.2, -0.15) is 0 Å². The van der Waals surface area contributed by atoms with E-state index in [4.69, 9.17) is 13.6 Å². The van der Waals surface area contributed by atoms with E-state index >= 15 is 0 Å². The highest BCUT2D eigenvalue weighted by Crippen LogP contribution is 2.44. The van der Waals surface area contributed by atoms with Crippen molar-refractivity contribution in [3.8, 4) is 0 Å². The molecule has 9 nitrogen and oxygen atoms in total. The summed E-state index contributed by atoms with van der Waals surface area (Å²) in [6, 6.07) is -0.260. The molecule has 2 N–H and O–H groups in total. The van der Waals surface area contributed by atoms with Crippen molar-refractivity contribution in [3.05, 3.63) is 33.3 Å². The van der Waals surface area contributed by atoms with E-state index in [1.165, 1.54) is 5.57 Å². The molecule has 1 amide bonds. The first-order valence-electron chi connectivity index (χ1n) is 20.5. The predicted molar refractivity (Wildman–Crippen MR) is 239 cm³/mol. The maximum atomic E-state index is 14.7. The molecule has 0 aliphatic heterocycles. The zero-order valence-electron chi connectivity index (χ0n) is 38.9. The van der Waals surface area contributed by atoms with Gasteiger partial charge in [-0.25, -0.2) is 9.78 Å². The minimum atomic E-state index is -2.40. The molecule has 322 valence electrons. The maximum absolute atomic E-state index is 14.7. The van der Waals surface area contributed by atoms with E-state index < -0.39 is 51.7 Å². The average molecular weight is 837 g/mol. The van der Waals surface area contributed by atoms with E-state index in [9.17, 15) is 19.5 Å². The van der Waals surface area contributed by atoms with Gasteiger partial charge in [0.1, 0.15) is 11.4 Å². The third-order valence-corrected chi connectivity index (χ3v) is 21.7. The van der Waals surface area contributed by atoms with Crippen molar-refractivity contribution in [2.45, 2.75) is 203 Å². The number of aliphatic carboxylic acids is 1. The van der Waals surface area contributed by atoms with E-state index in [2.05, 4.69) is 98.0 Å². The molecule has 0 saturated heterocycles. The Labute approximate surface area is 347 Å². The molecule has 1 rings (SSSR count). The van der Waals surface area contributed by atoms with Crippen molar-refractivity contribution in [2.75, 3.05) is 0 Å². The summed E-state index contributed by atoms with van der Waals surface area (Å²) in [5.41, 5.74) is 1.43. The molecule has 0 fully saturated rings. The monoisotopic (exact) mass is 837 g/mol. The topological polar surface area (TPSA) is 124 Å². The Kier molecular flexibility index (Phi) is 18.7. The van der Waals surface area contributed by atoms with E-state index in [0.29, 0.717) is 6.42 Å². The average Bonchev–Trinajstić information content (AvgIpc) is 3.42. The molecule has 1 aromatic rings. The van der Waals surface area contributed by atoms with Crippen molar-refractivity contribution in [2.24, 2.45) is 17.3 Å². The van der Waals surface area contributed by atoms with Crippen LogP contribution in [0.3, 0.4) is 0 Å². The normalized spacial score (nSPS) is 16.9. The van der Waals surface area contributed by atoms with E-state index in [0.717, 1.165) is 35.5 Å². The molecule has 0 radical (unpaired) electrons. The second-order valence-corrected chi connectivity index (χ2v) is 31.3. The number of nitrogens with one attached hydrogen (secondary N) is 1. The number of ketones is 1. The Morgan fingerprint density at radius 2 is 1.45 bits per heavy atom. The number of nitrogens with zero attached hydrogens (tertiary/aromatic N) is 1. The van der Waals surface area contributed by atoms with Gasteiger partial charge in [0.15, 0.2) is 16.6 Å². The summed E-state index contributed by atoms with van der Waals surface area (Å²) in [7, 11) is -4.70. The lowest BCUT2D eigenvalue weighted by Gasteiger charge is -2.46. The lowest BCUT2D eigenvalue weighted by atomic mass is 9.73. The van der Waals surface area contributed by atoms with Crippen LogP contribution in [0.2, 0.25) is 36.3 Å². The highest BCUT2D eigenvalue weighted by atomic mass is 32.1. The van der Waals surface area contributed by atoms with Crippen LogP contribution in [0.5, 0.6) is 0 Å². The predicted octanol–water partition coefficient (Wildman–Crippen LogP) is 12.4. The molecule has 1 aromatic heterocycles. The number of aryl methyl sites for hydroxylation is 1. The number of carboxylic acids is 1. The first kappa shape index (κ1) is 51.9. The molecule has 56 heavy (non-hydrogen) atoms. The molecule has 0 aliphatic carbocycles. The van der Waals surface area contributed by atoms with E-state index in [-0.39, 0.29) is 40.3 Å². The van der Waals surface area contributed by atoms with E-state index in [1.54, 1.807) is 11.3 Å². The Bertz CT molecular complexity index is 1530. The van der Waals surface area contributed by atoms with Gasteiger partial charge in [-0.1, -0.05) is 80.9 Å². The van der Waals surface area contributed by atoms with Crippen molar-refractivity contribution in [1.82, 2.24) is 10.3 Å². The quantitative estimate of drug-likeness (QED) is 0.0983. The fraction of sp³-hybridized carbons (Fsp3) is 0.773. The first-order valence-corrected chi connectivity index (χ1v) is 27.2. The molecule has 0 bridgehead atoms. The zero-order chi connectivity index (χ0) is 43.8. The number of carbonyl (C=O) groups is 3. The van der Waals surface area contributed by atoms with Gasteiger partial charge in [0.05, 0.1) is 35.4 Å². The van der Waals surface area contributed by atoms with Crippen LogP contribution in [0, 0.1) is 24.2 Å². The van der Waals surface area contributed by atoms with Crippen molar-refractivity contribution >= 4 is 51.9 Å². The highest BCUT2D eigenvalue weighted by molar-refractivity contribution is 7.09. The van der Waals surface area contributed by atoms with Crippen molar-refractivity contribution < 1.29 is 33.1 Å². The van der Waals surface area contributed by atoms with Crippen LogP contribution in [0.1, 0.15) is 147 Å². The number of aromatic nitrogens is 1. The van der Waals surface area contributed by atoms with Crippen LogP contribution < -0.4 is 5.32 Å². The zero-order valence-corrected chi connectivity index (χ0v) is 41.7. The number of carboxylic acid groups (broad SMARTS) is 1. The van der Waals surface area contributed by atoms with Crippen molar-refractivity contribution in [3.63, 3.8) is 0 Å². The van der Waals surface area contributed by atoms with Crippen LogP contribution in [-0.2, 0) is 23.2 Å². The Morgan fingerprint density at radius 1 is 0.911 bits per heavy atom. The van der Waals surface area contributed by atoms with Gasteiger partial charge in [0.2, 0.25) is 0 Å². The van der Waals surface area contributed by atoms with Gasteiger partial charge in [-0.05, 0) is 121 Å². The third kappa shape index (κ3) is 16.3. The van der Waals surface area contributed by atoms with Crippen LogP contribution >= 0.6 is 11.3 Å². The number of carbonyl (C=O) groups excluding carboxylic acids is 2. The fourth-order valence-electron chi connectivity index (χ4n) is 6.13. The van der Waals surface area contributed by atoms with Crippen LogP contribution in [-0.4, -0.2) is 68.4 Å². The molecular formula is C44H80N2O7SSi2. The molecule has 12 heteroatoms. The number of alkyl carbamates (subject to hydrolysis) is 1. The number of ether oxygens (including phenoxy) is 1. The van der Waals surface area contributed by atoms with Crippen molar-refractivity contribution in [1.29, 1.82) is 0 Å². The largest absolute Gasteiger partial charge is 0.481 e. The van der Waals surface area contributed by atoms with E-state index in [1.807, 2.05) is 66.8 Å². The smallest absolute Gasteiger partial charge is 0.408 e. The second-order valence-electron chi connectivity index (χ2n) is 20.7. The minimum absolute atomic E-state index is 0.0196. The number of amides is 1. The number of rotatable bonds is 20. The maximum Gasteiger partial charge on any atom is 0.408 e. The van der Waals surface area contributed by atoms with Gasteiger partial charge in [0, 0.05) is 16.7 Å². The summed E-state index contributed by atoms with van der Waals surface area (Å²) in [5.74, 6) is -1.39. The Morgan fingerprint density at radius 3 is 1.91 bits per heavy atom. The molecular weight excluding hydrogens is 757 g/mol. The van der Waals surface area contributed by atoms with Gasteiger partial charge >= 0.3 is 12.1 Å². The van der Waals surface area contributed by atoms with Gasteiger partial charge in [-0.15, -0.1) is 11.3 Å². The summed E-state index contributed by atoms with van der Waals surface area (Å²) in [6.07, 6.45) is 5.65. The summed E-state index contributed by atoms with van der Waals surface area (Å²) >= 11 is 1.59. The van der Waals surface area contributed by atoms with Crippen LogP contribution in [0.25, 0.3) is 6.08 Å². The first-order chi connectivity index (χ1) is 25.1. The summed E-state index contributed by atoms with van der Waals surface area (Å²) in [4.78, 5) is 44.3. The molecule has 0 saturated carbocycles. The standard InChI is InChI=1S/C44H80N2O7SSi2/c1-29(24-25-35(46-40(50)51-41(6,7)8)31(3)26-34-28-54-33(5)45-34)22-21-23-30(2)38(53-56(19,20)43(12,13)14)32(4)39(49)44(15,16)36(27-37(47)48)52-55(17,18)42(9,10)11/h24,26,28,30,32,35-36,38H,21-23,25,27H2,1-20H3,(H,46,50)(H,47,48)/b29-24-,31-26+/t30?,32?,35-,36?,38-/m0/s1.